The van der Waals surface area contributed by atoms with Crippen LogP contribution in [0, 0.1) is 28.6 Å². The number of hydrogen-bond acceptors (Lipinski definition) is 14. The van der Waals surface area contributed by atoms with E-state index >= 15 is 0 Å². The van der Waals surface area contributed by atoms with Gasteiger partial charge in [-0.2, -0.15) is 0 Å². The van der Waals surface area contributed by atoms with Crippen molar-refractivity contribution in [2.45, 2.75) is 151 Å². The fraction of sp³-hybridized carbons (Fsp3) is 0.886. The van der Waals surface area contributed by atoms with Gasteiger partial charge in [-0.15, -0.1) is 0 Å². The summed E-state index contributed by atoms with van der Waals surface area (Å²) in [5.41, 5.74) is -2.94. The van der Waals surface area contributed by atoms with E-state index < -0.39 is 90.1 Å². The van der Waals surface area contributed by atoms with Crippen molar-refractivity contribution in [3.8, 4) is 0 Å². The van der Waals surface area contributed by atoms with Crippen LogP contribution in [0.25, 0.3) is 0 Å². The van der Waals surface area contributed by atoms with Crippen LogP contribution in [0.15, 0.2) is 11.6 Å². The molecule has 0 aromatic rings. The molecular formula is C35H52O14. The lowest BCUT2D eigenvalue weighted by Crippen LogP contribution is -2.69. The van der Waals surface area contributed by atoms with Crippen LogP contribution in [0.2, 0.25) is 0 Å². The summed E-state index contributed by atoms with van der Waals surface area (Å²) in [6, 6.07) is 0. The molecule has 12 unspecified atom stereocenters. The first kappa shape index (κ1) is 35.8. The molecule has 4 aliphatic carbocycles. The van der Waals surface area contributed by atoms with Crippen LogP contribution < -0.4 is 0 Å². The van der Waals surface area contributed by atoms with Crippen LogP contribution in [0.1, 0.15) is 78.1 Å². The first-order chi connectivity index (χ1) is 23.2. The molecule has 14 heteroatoms. The molecule has 3 aliphatic heterocycles. The fourth-order valence-electron chi connectivity index (χ4n) is 11.3. The van der Waals surface area contributed by atoms with E-state index in [0.29, 0.717) is 44.9 Å². The lowest BCUT2D eigenvalue weighted by atomic mass is 9.41. The summed E-state index contributed by atoms with van der Waals surface area (Å²) in [7, 11) is 0. The van der Waals surface area contributed by atoms with Gasteiger partial charge in [-0.1, -0.05) is 6.92 Å². The first-order valence-electron chi connectivity index (χ1n) is 17.9. The van der Waals surface area contributed by atoms with Gasteiger partial charge >= 0.3 is 5.97 Å². The second-order valence-electron chi connectivity index (χ2n) is 16.1. The summed E-state index contributed by atoms with van der Waals surface area (Å²) in [5.74, 6) is -0.688. The summed E-state index contributed by atoms with van der Waals surface area (Å²) >= 11 is 0. The van der Waals surface area contributed by atoms with Crippen molar-refractivity contribution in [2.75, 3.05) is 13.2 Å². The first-order valence-corrected chi connectivity index (χ1v) is 17.9. The van der Waals surface area contributed by atoms with Gasteiger partial charge in [0.15, 0.2) is 12.6 Å². The van der Waals surface area contributed by atoms with E-state index in [9.17, 15) is 45.3 Å². The predicted molar refractivity (Wildman–Crippen MR) is 166 cm³/mol. The second kappa shape index (κ2) is 12.8. The number of aliphatic hydroxyl groups excluding tert-OH is 5. The smallest absolute Gasteiger partial charge is 0.331 e. The number of aldehydes is 1. The third-order valence-electron chi connectivity index (χ3n) is 14.0. The third-order valence-corrected chi connectivity index (χ3v) is 14.0. The molecule has 0 aromatic carbocycles. The van der Waals surface area contributed by atoms with Gasteiger partial charge in [0.05, 0.1) is 41.5 Å². The molecule has 0 bridgehead atoms. The van der Waals surface area contributed by atoms with Crippen molar-refractivity contribution in [1.29, 1.82) is 0 Å². The summed E-state index contributed by atoms with van der Waals surface area (Å²) in [6.07, 6.45) is -4.38. The highest BCUT2D eigenvalue weighted by Gasteiger charge is 2.71. The summed E-state index contributed by atoms with van der Waals surface area (Å²) in [6.45, 7) is 3.42. The number of carbonyl (C=O) groups is 2. The Morgan fingerprint density at radius 3 is 2.37 bits per heavy atom. The molecule has 0 spiro atoms. The summed E-state index contributed by atoms with van der Waals surface area (Å²) in [4.78, 5) is 25.0. The summed E-state index contributed by atoms with van der Waals surface area (Å²) < 4.78 is 28.9. The highest BCUT2D eigenvalue weighted by molar-refractivity contribution is 5.85. The minimum atomic E-state index is -1.62. The monoisotopic (exact) mass is 696 g/mol. The molecule has 4 saturated carbocycles. The molecule has 7 aliphatic rings. The maximum absolute atomic E-state index is 13.2. The van der Waals surface area contributed by atoms with Gasteiger partial charge in [0.2, 0.25) is 0 Å². The zero-order valence-corrected chi connectivity index (χ0v) is 28.1. The topological polar surface area (TPSA) is 222 Å². The molecule has 7 N–H and O–H groups in total. The molecular weight excluding hydrogens is 644 g/mol. The SMILES string of the molecule is CC1OC(O[C@H]2CC[C@]3(C=O)C4CC[C@]5(C)C(C6=CC(=O)OC6)CC[C@@]5(O)C4CC[C@@]3(O)C2)CC(O)C1OC1OC(CO)C(O)C(O)C1O. The highest BCUT2D eigenvalue weighted by Crippen LogP contribution is 2.70. The Morgan fingerprint density at radius 1 is 0.939 bits per heavy atom. The zero-order chi connectivity index (χ0) is 35.1. The Hall–Kier alpha value is -1.56. The molecule has 0 aromatic heterocycles. The minimum Gasteiger partial charge on any atom is -0.458 e. The van der Waals surface area contributed by atoms with Gasteiger partial charge in [-0.3, -0.25) is 0 Å². The standard InChI is InChI=1S/C35H52O14/c1-17-30(49-31-29(42)28(41)27(40)24(14-36)48-31)23(38)12-26(46-17)47-19-3-8-33(16-37)21-4-7-32(2)20(18-11-25(39)45-15-18)6-10-35(32,44)22(21)5-9-34(33,43)13-19/h11,16-17,19-24,26-31,36,38,40-44H,3-10,12-15H2,1-2H3/t17?,19-,20?,21?,22?,23?,24?,26?,27?,28?,29?,30?,31?,32+,33-,34+,35+/m0/s1. The van der Waals surface area contributed by atoms with Gasteiger partial charge in [0.1, 0.15) is 43.4 Å². The van der Waals surface area contributed by atoms with Crippen molar-refractivity contribution >= 4 is 12.3 Å². The lowest BCUT2D eigenvalue weighted by molar-refractivity contribution is -0.345. The Bertz CT molecular complexity index is 1300. The van der Waals surface area contributed by atoms with Crippen LogP contribution in [-0.4, -0.2) is 134 Å². The molecule has 14 nitrogen and oxygen atoms in total. The Labute approximate surface area is 285 Å². The average molecular weight is 697 g/mol. The Balaban J connectivity index is 1.00. The Kier molecular flexibility index (Phi) is 9.38. The normalized spacial score (nSPS) is 54.3. The van der Waals surface area contributed by atoms with Crippen molar-refractivity contribution in [3.63, 3.8) is 0 Å². The van der Waals surface area contributed by atoms with Crippen molar-refractivity contribution < 1.29 is 69.0 Å². The largest absolute Gasteiger partial charge is 0.458 e. The van der Waals surface area contributed by atoms with Crippen LogP contribution >= 0.6 is 0 Å². The quantitative estimate of drug-likeness (QED) is 0.102. The van der Waals surface area contributed by atoms with Crippen LogP contribution in [-0.2, 0) is 33.3 Å². The van der Waals surface area contributed by atoms with Crippen molar-refractivity contribution in [2.24, 2.45) is 28.6 Å². The number of aliphatic hydroxyl groups is 7. The highest BCUT2D eigenvalue weighted by atomic mass is 16.7. The molecule has 6 fully saturated rings. The summed E-state index contributed by atoms with van der Waals surface area (Å²) in [5, 5.41) is 75.9. The number of carbonyl (C=O) groups excluding carboxylic acids is 2. The number of hydrogen-bond donors (Lipinski definition) is 7. The molecule has 17 atom stereocenters. The van der Waals surface area contributed by atoms with Gasteiger partial charge < -0.3 is 64.2 Å². The zero-order valence-electron chi connectivity index (χ0n) is 28.1. The van der Waals surface area contributed by atoms with E-state index in [4.69, 9.17) is 23.7 Å². The van der Waals surface area contributed by atoms with E-state index in [-0.39, 0.29) is 43.2 Å². The third kappa shape index (κ3) is 5.47. The van der Waals surface area contributed by atoms with E-state index in [1.807, 2.05) is 0 Å². The van der Waals surface area contributed by atoms with E-state index in [0.717, 1.165) is 18.3 Å². The maximum Gasteiger partial charge on any atom is 0.331 e. The molecule has 7 rings (SSSR count). The fourth-order valence-corrected chi connectivity index (χ4v) is 11.3. The van der Waals surface area contributed by atoms with Gasteiger partial charge in [-0.05, 0) is 81.6 Å². The van der Waals surface area contributed by atoms with Crippen LogP contribution in [0.5, 0.6) is 0 Å². The number of ether oxygens (including phenoxy) is 5. The molecule has 0 amide bonds. The average Bonchev–Trinajstić information content (AvgIpc) is 3.61. The van der Waals surface area contributed by atoms with Crippen LogP contribution in [0.4, 0.5) is 0 Å². The van der Waals surface area contributed by atoms with Gasteiger partial charge in [0, 0.05) is 24.3 Å². The molecule has 276 valence electrons. The van der Waals surface area contributed by atoms with Crippen LogP contribution in [0.3, 0.4) is 0 Å². The molecule has 2 saturated heterocycles. The minimum absolute atomic E-state index is 0.00470. The van der Waals surface area contributed by atoms with E-state index in [1.165, 1.54) is 0 Å². The predicted octanol–water partition coefficient (Wildman–Crippen LogP) is -0.397. The second-order valence-corrected chi connectivity index (χ2v) is 16.1. The lowest BCUT2D eigenvalue weighted by Gasteiger charge is -2.65. The number of cyclic esters (lactones) is 1. The molecule has 3 heterocycles. The maximum atomic E-state index is 13.2. The number of esters is 1. The van der Waals surface area contributed by atoms with Gasteiger partial charge in [0.25, 0.3) is 0 Å². The van der Waals surface area contributed by atoms with Crippen molar-refractivity contribution in [3.05, 3.63) is 11.6 Å². The molecule has 0 radical (unpaired) electrons. The molecule has 49 heavy (non-hydrogen) atoms. The van der Waals surface area contributed by atoms with Gasteiger partial charge in [-0.25, -0.2) is 4.79 Å². The van der Waals surface area contributed by atoms with Crippen molar-refractivity contribution in [1.82, 2.24) is 0 Å². The van der Waals surface area contributed by atoms with E-state index in [2.05, 4.69) is 6.92 Å². The van der Waals surface area contributed by atoms with E-state index in [1.54, 1.807) is 13.0 Å². The Morgan fingerprint density at radius 2 is 1.69 bits per heavy atom. The number of fused-ring (bicyclic) bond motifs is 5. The number of rotatable bonds is 7.